The first kappa shape index (κ1) is 13.4. The van der Waals surface area contributed by atoms with E-state index in [1.54, 1.807) is 6.26 Å². The van der Waals surface area contributed by atoms with Gasteiger partial charge in [-0.15, -0.1) is 0 Å². The minimum absolute atomic E-state index is 0.758. The van der Waals surface area contributed by atoms with Crippen molar-refractivity contribution in [3.63, 3.8) is 0 Å². The van der Waals surface area contributed by atoms with Gasteiger partial charge in [0.15, 0.2) is 0 Å². The van der Waals surface area contributed by atoms with E-state index in [1.807, 2.05) is 12.1 Å². The fourth-order valence-corrected chi connectivity index (χ4v) is 2.75. The van der Waals surface area contributed by atoms with Crippen molar-refractivity contribution in [3.8, 4) is 0 Å². The van der Waals surface area contributed by atoms with Crippen molar-refractivity contribution >= 4 is 6.08 Å². The van der Waals surface area contributed by atoms with Crippen molar-refractivity contribution < 1.29 is 4.42 Å². The molecule has 1 heterocycles. The Morgan fingerprint density at radius 3 is 2.89 bits per heavy atom. The molecule has 0 spiro atoms. The molecule has 1 fully saturated rings. The standard InChI is InChI=1S/C16H25NO/c1-2-10-17-13-15(12-16-9-6-11-18-16)14-7-4-3-5-8-14/h6,9,11-12,14,17H,2-5,7-8,10,13H2,1H3. The molecule has 0 radical (unpaired) electrons. The van der Waals surface area contributed by atoms with Crippen LogP contribution in [0.15, 0.2) is 28.4 Å². The number of rotatable bonds is 6. The highest BCUT2D eigenvalue weighted by molar-refractivity contribution is 5.48. The van der Waals surface area contributed by atoms with E-state index in [4.69, 9.17) is 4.42 Å². The molecule has 0 amide bonds. The zero-order valence-corrected chi connectivity index (χ0v) is 11.5. The van der Waals surface area contributed by atoms with Gasteiger partial charge >= 0.3 is 0 Å². The van der Waals surface area contributed by atoms with Gasteiger partial charge in [-0.3, -0.25) is 0 Å². The van der Waals surface area contributed by atoms with Crippen LogP contribution >= 0.6 is 0 Å². The lowest BCUT2D eigenvalue weighted by atomic mass is 9.83. The Labute approximate surface area is 110 Å². The fourth-order valence-electron chi connectivity index (χ4n) is 2.75. The monoisotopic (exact) mass is 247 g/mol. The lowest BCUT2D eigenvalue weighted by Gasteiger charge is -2.24. The minimum atomic E-state index is 0.758. The van der Waals surface area contributed by atoms with Crippen LogP contribution < -0.4 is 5.32 Å². The van der Waals surface area contributed by atoms with Crippen LogP contribution in [0.4, 0.5) is 0 Å². The first-order valence-corrected chi connectivity index (χ1v) is 7.35. The molecule has 18 heavy (non-hydrogen) atoms. The lowest BCUT2D eigenvalue weighted by Crippen LogP contribution is -2.22. The predicted octanol–water partition coefficient (Wildman–Crippen LogP) is 4.24. The summed E-state index contributed by atoms with van der Waals surface area (Å²) in [6.07, 6.45) is 12.1. The molecule has 1 aliphatic carbocycles. The molecule has 1 aliphatic rings. The summed E-state index contributed by atoms with van der Waals surface area (Å²) in [5, 5.41) is 3.53. The van der Waals surface area contributed by atoms with Crippen LogP contribution in [0.5, 0.6) is 0 Å². The van der Waals surface area contributed by atoms with Crippen LogP contribution in [0.2, 0.25) is 0 Å². The van der Waals surface area contributed by atoms with E-state index in [2.05, 4.69) is 18.3 Å². The Bertz CT molecular complexity index is 347. The first-order valence-electron chi connectivity index (χ1n) is 7.35. The second kappa shape index (κ2) is 7.42. The molecule has 100 valence electrons. The summed E-state index contributed by atoms with van der Waals surface area (Å²) in [6, 6.07) is 4.01. The molecular formula is C16H25NO. The van der Waals surface area contributed by atoms with Gasteiger partial charge in [-0.25, -0.2) is 0 Å². The molecule has 0 aliphatic heterocycles. The van der Waals surface area contributed by atoms with Gasteiger partial charge in [0.05, 0.1) is 6.26 Å². The molecule has 2 nitrogen and oxygen atoms in total. The number of hydrogen-bond donors (Lipinski definition) is 1. The molecule has 2 rings (SSSR count). The maximum Gasteiger partial charge on any atom is 0.126 e. The van der Waals surface area contributed by atoms with Gasteiger partial charge in [-0.1, -0.05) is 26.2 Å². The lowest BCUT2D eigenvalue weighted by molar-refractivity contribution is 0.396. The van der Waals surface area contributed by atoms with Gasteiger partial charge in [-0.2, -0.15) is 0 Å². The first-order chi connectivity index (χ1) is 8.90. The average molecular weight is 247 g/mol. The molecular weight excluding hydrogens is 222 g/mol. The fraction of sp³-hybridized carbons (Fsp3) is 0.625. The highest BCUT2D eigenvalue weighted by atomic mass is 16.3. The third-order valence-corrected chi connectivity index (χ3v) is 3.76. The Hall–Kier alpha value is -1.02. The zero-order valence-electron chi connectivity index (χ0n) is 11.5. The zero-order chi connectivity index (χ0) is 12.6. The summed E-state index contributed by atoms with van der Waals surface area (Å²) >= 11 is 0. The van der Waals surface area contributed by atoms with Crippen molar-refractivity contribution in [2.75, 3.05) is 13.1 Å². The van der Waals surface area contributed by atoms with Gasteiger partial charge in [0.1, 0.15) is 5.76 Å². The summed E-state index contributed by atoms with van der Waals surface area (Å²) in [7, 11) is 0. The average Bonchev–Trinajstić information content (AvgIpc) is 2.92. The minimum Gasteiger partial charge on any atom is -0.465 e. The number of furan rings is 1. The van der Waals surface area contributed by atoms with Crippen molar-refractivity contribution in [1.29, 1.82) is 0 Å². The molecule has 0 bridgehead atoms. The maximum atomic E-state index is 5.46. The number of hydrogen-bond acceptors (Lipinski definition) is 2. The van der Waals surface area contributed by atoms with Crippen molar-refractivity contribution in [1.82, 2.24) is 5.32 Å². The molecule has 0 atom stereocenters. The summed E-state index contributed by atoms with van der Waals surface area (Å²) in [5.41, 5.74) is 1.53. The number of nitrogens with one attached hydrogen (secondary N) is 1. The SMILES string of the molecule is CCCNCC(=Cc1ccco1)C1CCCCC1. The molecule has 1 N–H and O–H groups in total. The van der Waals surface area contributed by atoms with Crippen molar-refractivity contribution in [2.24, 2.45) is 5.92 Å². The molecule has 0 aromatic carbocycles. The van der Waals surface area contributed by atoms with Crippen LogP contribution in [0.3, 0.4) is 0 Å². The summed E-state index contributed by atoms with van der Waals surface area (Å²) in [5.74, 6) is 1.75. The highest BCUT2D eigenvalue weighted by Crippen LogP contribution is 2.30. The van der Waals surface area contributed by atoms with Crippen LogP contribution in [-0.4, -0.2) is 13.1 Å². The van der Waals surface area contributed by atoms with E-state index in [9.17, 15) is 0 Å². The smallest absolute Gasteiger partial charge is 0.126 e. The summed E-state index contributed by atoms with van der Waals surface area (Å²) in [4.78, 5) is 0. The molecule has 1 aromatic heterocycles. The van der Waals surface area contributed by atoms with E-state index in [-0.39, 0.29) is 0 Å². The van der Waals surface area contributed by atoms with Crippen molar-refractivity contribution in [3.05, 3.63) is 29.7 Å². The van der Waals surface area contributed by atoms with Gasteiger partial charge in [0.25, 0.3) is 0 Å². The quantitative estimate of drug-likeness (QED) is 0.760. The molecule has 1 saturated carbocycles. The topological polar surface area (TPSA) is 25.2 Å². The largest absolute Gasteiger partial charge is 0.465 e. The predicted molar refractivity (Wildman–Crippen MR) is 76.4 cm³/mol. The van der Waals surface area contributed by atoms with E-state index in [1.165, 1.54) is 44.1 Å². The van der Waals surface area contributed by atoms with Crippen LogP contribution in [0.1, 0.15) is 51.2 Å². The van der Waals surface area contributed by atoms with E-state index < -0.39 is 0 Å². The Kier molecular flexibility index (Phi) is 5.53. The van der Waals surface area contributed by atoms with Crippen LogP contribution in [0.25, 0.3) is 6.08 Å². The second-order valence-corrected chi connectivity index (χ2v) is 5.25. The maximum absolute atomic E-state index is 5.46. The summed E-state index contributed by atoms with van der Waals surface area (Å²) in [6.45, 7) is 4.32. The van der Waals surface area contributed by atoms with Gasteiger partial charge in [-0.05, 0) is 55.5 Å². The molecule has 1 aromatic rings. The van der Waals surface area contributed by atoms with Gasteiger partial charge in [0, 0.05) is 6.54 Å². The summed E-state index contributed by atoms with van der Waals surface area (Å²) < 4.78 is 5.46. The van der Waals surface area contributed by atoms with Crippen molar-refractivity contribution in [2.45, 2.75) is 45.4 Å². The third-order valence-electron chi connectivity index (χ3n) is 3.76. The Morgan fingerprint density at radius 1 is 1.39 bits per heavy atom. The van der Waals surface area contributed by atoms with Crippen LogP contribution in [0, 0.1) is 5.92 Å². The van der Waals surface area contributed by atoms with E-state index in [0.29, 0.717) is 0 Å². The normalized spacial score (nSPS) is 18.2. The second-order valence-electron chi connectivity index (χ2n) is 5.25. The molecule has 0 unspecified atom stereocenters. The van der Waals surface area contributed by atoms with Crippen LogP contribution in [-0.2, 0) is 0 Å². The van der Waals surface area contributed by atoms with E-state index in [0.717, 1.165) is 24.8 Å². The van der Waals surface area contributed by atoms with Gasteiger partial charge in [0.2, 0.25) is 0 Å². The highest BCUT2D eigenvalue weighted by Gasteiger charge is 2.17. The van der Waals surface area contributed by atoms with E-state index >= 15 is 0 Å². The Morgan fingerprint density at radius 2 is 2.22 bits per heavy atom. The van der Waals surface area contributed by atoms with Gasteiger partial charge < -0.3 is 9.73 Å². The molecule has 2 heteroatoms. The molecule has 0 saturated heterocycles. The Balaban J connectivity index is 2.01. The third kappa shape index (κ3) is 4.02.